The van der Waals surface area contributed by atoms with Gasteiger partial charge in [0.15, 0.2) is 0 Å². The van der Waals surface area contributed by atoms with E-state index in [9.17, 15) is 4.57 Å². The van der Waals surface area contributed by atoms with Gasteiger partial charge in [0.1, 0.15) is 0 Å². The van der Waals surface area contributed by atoms with Crippen LogP contribution in [0, 0.1) is 0 Å². The Labute approximate surface area is 363 Å². The SMILES string of the molecule is CCCCCCCCCCCCCCCCCOP(=O)(SCCCCCCCCCCCCCCCCC)SCCCCCCCCCCCCCCCCC. The number of hydrogen-bond acceptors (Lipinski definition) is 4. The number of rotatable bonds is 51. The van der Waals surface area contributed by atoms with Crippen molar-refractivity contribution in [1.82, 2.24) is 0 Å². The van der Waals surface area contributed by atoms with E-state index in [2.05, 4.69) is 20.8 Å². The Bertz CT molecular complexity index is 654. The van der Waals surface area contributed by atoms with Crippen LogP contribution in [0.15, 0.2) is 0 Å². The van der Waals surface area contributed by atoms with Crippen LogP contribution in [0.1, 0.15) is 310 Å². The lowest BCUT2D eigenvalue weighted by Crippen LogP contribution is -1.93. The Morgan fingerprint density at radius 3 is 0.661 bits per heavy atom. The summed E-state index contributed by atoms with van der Waals surface area (Å²) in [6.45, 7) is 7.60. The van der Waals surface area contributed by atoms with Crippen molar-refractivity contribution in [2.45, 2.75) is 310 Å². The summed E-state index contributed by atoms with van der Waals surface area (Å²) < 4.78 is 20.2. The van der Waals surface area contributed by atoms with Crippen molar-refractivity contribution in [1.29, 1.82) is 0 Å². The van der Waals surface area contributed by atoms with E-state index >= 15 is 0 Å². The van der Waals surface area contributed by atoms with Gasteiger partial charge < -0.3 is 4.52 Å². The molecule has 0 amide bonds. The molecule has 0 spiro atoms. The highest BCUT2D eigenvalue weighted by atomic mass is 33.1. The molecule has 0 aliphatic rings. The molecule has 0 aliphatic carbocycles. The van der Waals surface area contributed by atoms with E-state index in [1.54, 1.807) is 22.8 Å². The Morgan fingerprint density at radius 1 is 0.268 bits per heavy atom. The minimum absolute atomic E-state index is 0.688. The minimum Gasteiger partial charge on any atom is -0.314 e. The fourth-order valence-corrected chi connectivity index (χ4v) is 15.0. The molecule has 0 heterocycles. The van der Waals surface area contributed by atoms with Crippen LogP contribution >= 0.6 is 28.5 Å². The molecule has 5 heteroatoms. The van der Waals surface area contributed by atoms with E-state index in [4.69, 9.17) is 4.52 Å². The van der Waals surface area contributed by atoms with Crippen molar-refractivity contribution >= 4 is 28.5 Å². The molecule has 0 saturated carbocycles. The fraction of sp³-hybridized carbons (Fsp3) is 1.00. The van der Waals surface area contributed by atoms with Gasteiger partial charge >= 0.3 is 5.77 Å². The Hall–Kier alpha value is 0.890. The lowest BCUT2D eigenvalue weighted by atomic mass is 10.0. The molecule has 0 aromatic carbocycles. The van der Waals surface area contributed by atoms with Crippen LogP contribution in [0.2, 0.25) is 0 Å². The zero-order valence-electron chi connectivity index (χ0n) is 39.0. The van der Waals surface area contributed by atoms with E-state index in [0.717, 1.165) is 17.9 Å². The van der Waals surface area contributed by atoms with Gasteiger partial charge in [-0.15, -0.1) is 0 Å². The van der Waals surface area contributed by atoms with E-state index in [1.807, 2.05) is 0 Å². The predicted molar refractivity (Wildman–Crippen MR) is 263 cm³/mol. The zero-order valence-corrected chi connectivity index (χ0v) is 41.5. The first-order valence-corrected chi connectivity index (χ1v) is 31.0. The molecule has 0 rings (SSSR count). The summed E-state index contributed by atoms with van der Waals surface area (Å²) >= 11 is 3.36. The third kappa shape index (κ3) is 47.6. The molecule has 338 valence electrons. The van der Waals surface area contributed by atoms with Crippen molar-refractivity contribution in [3.8, 4) is 0 Å². The third-order valence-electron chi connectivity index (χ3n) is 12.0. The van der Waals surface area contributed by atoms with Crippen molar-refractivity contribution in [3.63, 3.8) is 0 Å². The summed E-state index contributed by atoms with van der Waals surface area (Å²) in [7, 11) is 0. The summed E-state index contributed by atoms with van der Waals surface area (Å²) in [5, 5.41) is 0. The molecule has 0 aromatic heterocycles. The molecule has 56 heavy (non-hydrogen) atoms. The molecule has 0 unspecified atom stereocenters. The maximum absolute atomic E-state index is 14.0. The summed E-state index contributed by atoms with van der Waals surface area (Å²) in [5.74, 6) is -0.650. The highest BCUT2D eigenvalue weighted by Crippen LogP contribution is 2.70. The number of hydrogen-bond donors (Lipinski definition) is 0. The van der Waals surface area contributed by atoms with Gasteiger partial charge in [-0.3, -0.25) is 4.57 Å². The van der Waals surface area contributed by atoms with E-state index in [1.165, 1.54) is 283 Å². The van der Waals surface area contributed by atoms with E-state index in [0.29, 0.717) is 6.61 Å². The van der Waals surface area contributed by atoms with Gasteiger partial charge in [-0.1, -0.05) is 313 Å². The maximum atomic E-state index is 14.0. The van der Waals surface area contributed by atoms with Crippen LogP contribution in [-0.4, -0.2) is 18.1 Å². The molecule has 0 saturated heterocycles. The Balaban J connectivity index is 4.08. The van der Waals surface area contributed by atoms with Gasteiger partial charge in [0, 0.05) is 11.5 Å². The molecule has 0 aromatic rings. The van der Waals surface area contributed by atoms with Crippen LogP contribution in [0.3, 0.4) is 0 Å². The Morgan fingerprint density at radius 2 is 0.446 bits per heavy atom. The molecule has 0 atom stereocenters. The second-order valence-electron chi connectivity index (χ2n) is 17.8. The molecule has 2 nitrogen and oxygen atoms in total. The van der Waals surface area contributed by atoms with Gasteiger partial charge in [0.05, 0.1) is 6.61 Å². The smallest absolute Gasteiger partial charge is 0.313 e. The molecule has 0 radical (unpaired) electrons. The largest absolute Gasteiger partial charge is 0.314 e. The third-order valence-corrected chi connectivity index (χ3v) is 19.6. The zero-order chi connectivity index (χ0) is 40.6. The van der Waals surface area contributed by atoms with Crippen LogP contribution in [0.4, 0.5) is 0 Å². The van der Waals surface area contributed by atoms with Gasteiger partial charge in [0.25, 0.3) is 0 Å². The standard InChI is InChI=1S/C51H105O2PS2/c1-4-7-10-13-16-19-22-25-28-31-34-37-40-43-46-49-53-54(52,55-50-47-44-41-38-35-32-29-26-23-20-17-14-11-8-5-2)56-51-48-45-42-39-36-33-30-27-24-21-18-15-12-9-6-3/h4-51H2,1-3H3. The monoisotopic (exact) mass is 845 g/mol. The summed E-state index contributed by atoms with van der Waals surface area (Å²) in [5.41, 5.74) is 0. The quantitative estimate of drug-likeness (QED) is 0.0450. The Kier molecular flexibility index (Phi) is 51.0. The lowest BCUT2D eigenvalue weighted by Gasteiger charge is -2.17. The average molecular weight is 846 g/mol. The molecular formula is C51H105O2PS2. The summed E-state index contributed by atoms with van der Waals surface area (Å²) in [4.78, 5) is 0. The van der Waals surface area contributed by atoms with Crippen LogP contribution in [-0.2, 0) is 9.09 Å². The lowest BCUT2D eigenvalue weighted by molar-refractivity contribution is 0.321. The first kappa shape index (κ1) is 56.9. The fourth-order valence-electron chi connectivity index (χ4n) is 8.06. The van der Waals surface area contributed by atoms with Crippen LogP contribution < -0.4 is 0 Å². The molecule has 0 fully saturated rings. The number of unbranched alkanes of at least 4 members (excludes halogenated alkanes) is 42. The first-order chi connectivity index (χ1) is 27.7. The maximum Gasteiger partial charge on any atom is 0.313 e. The second-order valence-corrected chi connectivity index (χ2v) is 25.4. The van der Waals surface area contributed by atoms with Gasteiger partial charge in [0.2, 0.25) is 0 Å². The predicted octanol–water partition coefficient (Wildman–Crippen LogP) is 21.2. The van der Waals surface area contributed by atoms with Gasteiger partial charge in [-0.25, -0.2) is 0 Å². The van der Waals surface area contributed by atoms with Gasteiger partial charge in [-0.05, 0) is 19.3 Å². The second kappa shape index (κ2) is 50.2. The van der Waals surface area contributed by atoms with E-state index < -0.39 is 5.77 Å². The van der Waals surface area contributed by atoms with Crippen molar-refractivity contribution < 1.29 is 9.09 Å². The van der Waals surface area contributed by atoms with Crippen LogP contribution in [0.25, 0.3) is 0 Å². The first-order valence-electron chi connectivity index (χ1n) is 26.2. The minimum atomic E-state index is -2.65. The molecule has 0 N–H and O–H groups in total. The van der Waals surface area contributed by atoms with Crippen molar-refractivity contribution in [2.75, 3.05) is 18.1 Å². The van der Waals surface area contributed by atoms with Gasteiger partial charge in [-0.2, -0.15) is 0 Å². The average Bonchev–Trinajstić information content (AvgIpc) is 3.20. The van der Waals surface area contributed by atoms with Crippen molar-refractivity contribution in [2.24, 2.45) is 0 Å². The topological polar surface area (TPSA) is 26.3 Å². The molecule has 0 bridgehead atoms. The molecular weight excluding hydrogens is 740 g/mol. The normalized spacial score (nSPS) is 12.0. The highest BCUT2D eigenvalue weighted by molar-refractivity contribution is 8.89. The summed E-state index contributed by atoms with van der Waals surface area (Å²) in [6.07, 6.45) is 62.4. The highest BCUT2D eigenvalue weighted by Gasteiger charge is 2.24. The van der Waals surface area contributed by atoms with Crippen molar-refractivity contribution in [3.05, 3.63) is 0 Å². The van der Waals surface area contributed by atoms with E-state index in [-0.39, 0.29) is 0 Å². The molecule has 0 aliphatic heterocycles. The van der Waals surface area contributed by atoms with Crippen LogP contribution in [0.5, 0.6) is 0 Å². The summed E-state index contributed by atoms with van der Waals surface area (Å²) in [6, 6.07) is 0.